The molecule has 0 saturated carbocycles. The molecule has 1 aromatic heterocycles. The van der Waals surface area contributed by atoms with Crippen LogP contribution in [0, 0.1) is 17.5 Å². The van der Waals surface area contributed by atoms with E-state index < -0.39 is 29.1 Å². The van der Waals surface area contributed by atoms with Crippen molar-refractivity contribution in [3.63, 3.8) is 0 Å². The summed E-state index contributed by atoms with van der Waals surface area (Å²) in [6, 6.07) is 2.61. The minimum Gasteiger partial charge on any atom is -0.300 e. The van der Waals surface area contributed by atoms with E-state index in [0.717, 1.165) is 23.2 Å². The molecule has 1 aromatic carbocycles. The van der Waals surface area contributed by atoms with Crippen LogP contribution in [0.2, 0.25) is 0 Å². The van der Waals surface area contributed by atoms with Gasteiger partial charge in [0.05, 0.1) is 24.0 Å². The van der Waals surface area contributed by atoms with Gasteiger partial charge < -0.3 is 4.90 Å². The van der Waals surface area contributed by atoms with E-state index in [9.17, 15) is 22.8 Å². The minimum atomic E-state index is -1.20. The van der Waals surface area contributed by atoms with Gasteiger partial charge in [0.2, 0.25) is 0 Å². The number of anilines is 1. The zero-order valence-electron chi connectivity index (χ0n) is 10.4. The third kappa shape index (κ3) is 2.16. The van der Waals surface area contributed by atoms with E-state index in [1.165, 1.54) is 6.20 Å². The number of rotatable bonds is 2. The lowest BCUT2D eigenvalue weighted by atomic mass is 10.1. The predicted octanol–water partition coefficient (Wildman–Crippen LogP) is 2.23. The van der Waals surface area contributed by atoms with E-state index in [1.807, 2.05) is 0 Å². The molecule has 0 radical (unpaired) electrons. The van der Waals surface area contributed by atoms with E-state index in [4.69, 9.17) is 0 Å². The summed E-state index contributed by atoms with van der Waals surface area (Å²) in [5.41, 5.74) is 0.0881. The van der Waals surface area contributed by atoms with Gasteiger partial charge in [0.25, 0.3) is 11.7 Å². The topological polar surface area (TPSA) is 50.3 Å². The van der Waals surface area contributed by atoms with Gasteiger partial charge >= 0.3 is 0 Å². The fourth-order valence-corrected chi connectivity index (χ4v) is 2.17. The number of ketones is 1. The third-order valence-corrected chi connectivity index (χ3v) is 3.12. The lowest BCUT2D eigenvalue weighted by molar-refractivity contribution is -0.114. The van der Waals surface area contributed by atoms with Gasteiger partial charge in [0.1, 0.15) is 5.82 Å². The van der Waals surface area contributed by atoms with Crippen molar-refractivity contribution in [2.24, 2.45) is 0 Å². The van der Waals surface area contributed by atoms with E-state index in [2.05, 4.69) is 4.98 Å². The fourth-order valence-electron chi connectivity index (χ4n) is 2.17. The van der Waals surface area contributed by atoms with Crippen molar-refractivity contribution in [2.45, 2.75) is 6.54 Å². The molecule has 4 nitrogen and oxygen atoms in total. The zero-order chi connectivity index (χ0) is 15.1. The number of hydrogen-bond acceptors (Lipinski definition) is 3. The number of amides is 1. The van der Waals surface area contributed by atoms with Crippen LogP contribution in [0.15, 0.2) is 30.6 Å². The standard InChI is InChI=1S/C14H7F3N2O2/c15-8-1-7(4-18-5-8)6-19-12-3-11(17)10(16)2-9(12)13(20)14(19)21/h1-5H,6H2. The first-order chi connectivity index (χ1) is 9.97. The van der Waals surface area contributed by atoms with E-state index >= 15 is 0 Å². The van der Waals surface area contributed by atoms with Gasteiger partial charge in [-0.3, -0.25) is 14.6 Å². The summed E-state index contributed by atoms with van der Waals surface area (Å²) in [5, 5.41) is 0. The molecule has 1 aliphatic heterocycles. The maximum atomic E-state index is 13.3. The number of nitrogens with zero attached hydrogens (tertiary/aromatic N) is 2. The molecule has 0 atom stereocenters. The van der Waals surface area contributed by atoms with Crippen molar-refractivity contribution in [3.05, 3.63) is 59.2 Å². The highest BCUT2D eigenvalue weighted by Gasteiger charge is 2.37. The lowest BCUT2D eigenvalue weighted by Crippen LogP contribution is -2.29. The number of carbonyl (C=O) groups is 2. The maximum absolute atomic E-state index is 13.3. The Morgan fingerprint density at radius 1 is 1.00 bits per heavy atom. The number of benzene rings is 1. The molecule has 0 bridgehead atoms. The summed E-state index contributed by atoms with van der Waals surface area (Å²) in [7, 11) is 0. The molecule has 1 aliphatic rings. The zero-order valence-corrected chi connectivity index (χ0v) is 10.4. The van der Waals surface area contributed by atoms with Crippen LogP contribution in [0.5, 0.6) is 0 Å². The van der Waals surface area contributed by atoms with Crippen LogP contribution >= 0.6 is 0 Å². The molecule has 106 valence electrons. The van der Waals surface area contributed by atoms with Crippen molar-refractivity contribution in [1.82, 2.24) is 4.98 Å². The summed E-state index contributed by atoms with van der Waals surface area (Å²) >= 11 is 0. The number of hydrogen-bond donors (Lipinski definition) is 0. The smallest absolute Gasteiger partial charge is 0.299 e. The maximum Gasteiger partial charge on any atom is 0.299 e. The molecule has 0 unspecified atom stereocenters. The van der Waals surface area contributed by atoms with Crippen LogP contribution in [0.25, 0.3) is 0 Å². The van der Waals surface area contributed by atoms with Gasteiger partial charge in [-0.1, -0.05) is 0 Å². The molecule has 0 fully saturated rings. The number of aromatic nitrogens is 1. The predicted molar refractivity (Wildman–Crippen MR) is 66.1 cm³/mol. The van der Waals surface area contributed by atoms with Crippen molar-refractivity contribution >= 4 is 17.4 Å². The molecule has 2 aromatic rings. The average molecular weight is 292 g/mol. The Hall–Kier alpha value is -2.70. The summed E-state index contributed by atoms with van der Waals surface area (Å²) in [5.74, 6) is -4.81. The number of carbonyl (C=O) groups excluding carboxylic acids is 2. The molecule has 2 heterocycles. The Labute approximate surface area is 116 Å². The van der Waals surface area contributed by atoms with Gasteiger partial charge in [-0.15, -0.1) is 0 Å². The van der Waals surface area contributed by atoms with Gasteiger partial charge in [-0.2, -0.15) is 0 Å². The second kappa shape index (κ2) is 4.69. The Bertz CT molecular complexity index is 777. The van der Waals surface area contributed by atoms with E-state index in [0.29, 0.717) is 11.6 Å². The third-order valence-electron chi connectivity index (χ3n) is 3.12. The second-order valence-corrected chi connectivity index (χ2v) is 4.52. The quantitative estimate of drug-likeness (QED) is 0.798. The molecule has 0 aliphatic carbocycles. The number of halogens is 3. The second-order valence-electron chi connectivity index (χ2n) is 4.52. The summed E-state index contributed by atoms with van der Waals surface area (Å²) < 4.78 is 39.6. The van der Waals surface area contributed by atoms with Crippen LogP contribution in [0.1, 0.15) is 15.9 Å². The van der Waals surface area contributed by atoms with Crippen LogP contribution in [-0.4, -0.2) is 16.7 Å². The van der Waals surface area contributed by atoms with Gasteiger partial charge in [0.15, 0.2) is 11.6 Å². The van der Waals surface area contributed by atoms with Crippen LogP contribution in [0.4, 0.5) is 18.9 Å². The molecule has 0 saturated heterocycles. The first-order valence-electron chi connectivity index (χ1n) is 5.92. The number of fused-ring (bicyclic) bond motifs is 1. The minimum absolute atomic E-state index is 0.0341. The normalized spacial score (nSPS) is 13.8. The molecule has 0 N–H and O–H groups in total. The summed E-state index contributed by atoms with van der Waals surface area (Å²) in [6.45, 7) is -0.159. The molecular formula is C14H7F3N2O2. The van der Waals surface area contributed by atoms with E-state index in [1.54, 1.807) is 0 Å². The van der Waals surface area contributed by atoms with Crippen molar-refractivity contribution in [2.75, 3.05) is 4.90 Å². The van der Waals surface area contributed by atoms with E-state index in [-0.39, 0.29) is 17.8 Å². The molecular weight excluding hydrogens is 285 g/mol. The SMILES string of the molecule is O=C1C(=O)N(Cc2cncc(F)c2)c2cc(F)c(F)cc21. The largest absolute Gasteiger partial charge is 0.300 e. The Balaban J connectivity index is 2.03. The Kier molecular flexibility index (Phi) is 2.97. The first-order valence-corrected chi connectivity index (χ1v) is 5.92. The van der Waals surface area contributed by atoms with Crippen LogP contribution in [-0.2, 0) is 11.3 Å². The van der Waals surface area contributed by atoms with Crippen LogP contribution < -0.4 is 4.90 Å². The van der Waals surface area contributed by atoms with Gasteiger partial charge in [0, 0.05) is 12.3 Å². The monoisotopic (exact) mass is 292 g/mol. The Morgan fingerprint density at radius 2 is 1.71 bits per heavy atom. The molecule has 3 rings (SSSR count). The van der Waals surface area contributed by atoms with Crippen molar-refractivity contribution < 1.29 is 22.8 Å². The van der Waals surface area contributed by atoms with Gasteiger partial charge in [-0.05, 0) is 17.7 Å². The highest BCUT2D eigenvalue weighted by molar-refractivity contribution is 6.52. The Morgan fingerprint density at radius 3 is 2.43 bits per heavy atom. The molecule has 0 spiro atoms. The summed E-state index contributed by atoms with van der Waals surface area (Å²) in [4.78, 5) is 28.2. The molecule has 7 heteroatoms. The molecule has 1 amide bonds. The number of Topliss-reactive ketones (excluding diaryl/α,β-unsaturated/α-hetero) is 1. The summed E-state index contributed by atoms with van der Waals surface area (Å²) in [6.07, 6.45) is 2.31. The average Bonchev–Trinajstić information content (AvgIpc) is 2.65. The highest BCUT2D eigenvalue weighted by atomic mass is 19.2. The van der Waals surface area contributed by atoms with Crippen molar-refractivity contribution in [1.29, 1.82) is 0 Å². The molecule has 21 heavy (non-hydrogen) atoms. The number of pyridine rings is 1. The van der Waals surface area contributed by atoms with Gasteiger partial charge in [-0.25, -0.2) is 13.2 Å². The highest BCUT2D eigenvalue weighted by Crippen LogP contribution is 2.32. The lowest BCUT2D eigenvalue weighted by Gasteiger charge is -2.16. The fraction of sp³-hybridized carbons (Fsp3) is 0.0714. The van der Waals surface area contributed by atoms with Crippen LogP contribution in [0.3, 0.4) is 0 Å². The van der Waals surface area contributed by atoms with Crippen molar-refractivity contribution in [3.8, 4) is 0 Å². The first kappa shape index (κ1) is 13.3.